The van der Waals surface area contributed by atoms with Crippen molar-refractivity contribution in [1.82, 2.24) is 10.2 Å². The van der Waals surface area contributed by atoms with Gasteiger partial charge in [0, 0.05) is 25.6 Å². The highest BCUT2D eigenvalue weighted by Gasteiger charge is 2.22. The number of amides is 1. The average Bonchev–Trinajstić information content (AvgIpc) is 2.25. The second-order valence-corrected chi connectivity index (χ2v) is 3.95. The van der Waals surface area contributed by atoms with E-state index in [1.165, 1.54) is 0 Å². The number of hydrogen-bond donors (Lipinski definition) is 1. The van der Waals surface area contributed by atoms with E-state index in [-0.39, 0.29) is 18.0 Å². The van der Waals surface area contributed by atoms with Gasteiger partial charge < -0.3 is 5.32 Å². The SMILES string of the molecule is C=CCNC(=O)C(C)N(CCC#N)C(C)C. The maximum absolute atomic E-state index is 11.7. The van der Waals surface area contributed by atoms with Gasteiger partial charge in [-0.15, -0.1) is 6.58 Å². The molecule has 0 saturated carbocycles. The van der Waals surface area contributed by atoms with Crippen molar-refractivity contribution in [2.75, 3.05) is 13.1 Å². The number of nitrogens with zero attached hydrogens (tertiary/aromatic N) is 2. The molecule has 0 aromatic heterocycles. The summed E-state index contributed by atoms with van der Waals surface area (Å²) in [7, 11) is 0. The van der Waals surface area contributed by atoms with E-state index in [2.05, 4.69) is 18.0 Å². The van der Waals surface area contributed by atoms with Gasteiger partial charge in [0.2, 0.25) is 5.91 Å². The Bertz CT molecular complexity index is 268. The Kier molecular flexibility index (Phi) is 7.23. The van der Waals surface area contributed by atoms with Crippen molar-refractivity contribution in [3.63, 3.8) is 0 Å². The van der Waals surface area contributed by atoms with Crippen LogP contribution in [0.25, 0.3) is 0 Å². The van der Waals surface area contributed by atoms with Gasteiger partial charge in [0.25, 0.3) is 0 Å². The predicted octanol–water partition coefficient (Wildman–Crippen LogP) is 1.30. The van der Waals surface area contributed by atoms with Crippen LogP contribution in [0, 0.1) is 11.3 Å². The maximum Gasteiger partial charge on any atom is 0.237 e. The van der Waals surface area contributed by atoms with E-state index >= 15 is 0 Å². The Balaban J connectivity index is 4.36. The highest BCUT2D eigenvalue weighted by atomic mass is 16.2. The molecule has 90 valence electrons. The molecule has 16 heavy (non-hydrogen) atoms. The van der Waals surface area contributed by atoms with Gasteiger partial charge in [-0.25, -0.2) is 0 Å². The number of rotatable bonds is 7. The molecule has 0 aromatic rings. The van der Waals surface area contributed by atoms with Crippen molar-refractivity contribution in [3.05, 3.63) is 12.7 Å². The Morgan fingerprint density at radius 3 is 2.62 bits per heavy atom. The Morgan fingerprint density at radius 2 is 2.19 bits per heavy atom. The van der Waals surface area contributed by atoms with Crippen LogP contribution in [0.15, 0.2) is 12.7 Å². The largest absolute Gasteiger partial charge is 0.351 e. The van der Waals surface area contributed by atoms with Gasteiger partial charge in [-0.05, 0) is 20.8 Å². The summed E-state index contributed by atoms with van der Waals surface area (Å²) in [5, 5.41) is 11.3. The lowest BCUT2D eigenvalue weighted by Gasteiger charge is -2.30. The van der Waals surface area contributed by atoms with Gasteiger partial charge in [0.1, 0.15) is 0 Å². The van der Waals surface area contributed by atoms with Crippen molar-refractivity contribution in [1.29, 1.82) is 5.26 Å². The predicted molar refractivity (Wildman–Crippen MR) is 64.7 cm³/mol. The standard InChI is InChI=1S/C12H21N3O/c1-5-8-14-12(16)11(4)15(10(2)3)9-6-7-13/h5,10-11H,1,6,8-9H2,2-4H3,(H,14,16). The summed E-state index contributed by atoms with van der Waals surface area (Å²) < 4.78 is 0. The molecular formula is C12H21N3O. The quantitative estimate of drug-likeness (QED) is 0.662. The first-order chi connectivity index (χ1) is 7.54. The molecule has 0 aliphatic rings. The van der Waals surface area contributed by atoms with E-state index in [0.717, 1.165) is 0 Å². The molecule has 4 heteroatoms. The van der Waals surface area contributed by atoms with Crippen LogP contribution in [0.3, 0.4) is 0 Å². The molecule has 0 aromatic carbocycles. The number of nitrogens with one attached hydrogen (secondary N) is 1. The fourth-order valence-corrected chi connectivity index (χ4v) is 1.55. The molecule has 0 bridgehead atoms. The van der Waals surface area contributed by atoms with Crippen molar-refractivity contribution < 1.29 is 4.79 Å². The molecule has 1 amide bonds. The number of nitriles is 1. The first kappa shape index (κ1) is 14.7. The molecule has 1 N–H and O–H groups in total. The van der Waals surface area contributed by atoms with E-state index in [4.69, 9.17) is 5.26 Å². The van der Waals surface area contributed by atoms with Crippen molar-refractivity contribution in [3.8, 4) is 6.07 Å². The number of carbonyl (C=O) groups excluding carboxylic acids is 1. The number of hydrogen-bond acceptors (Lipinski definition) is 3. The third-order valence-electron chi connectivity index (χ3n) is 2.44. The summed E-state index contributed by atoms with van der Waals surface area (Å²) in [6.45, 7) is 10.6. The molecule has 0 fully saturated rings. The molecule has 0 aliphatic heterocycles. The smallest absolute Gasteiger partial charge is 0.237 e. The molecule has 0 aliphatic carbocycles. The molecule has 4 nitrogen and oxygen atoms in total. The first-order valence-corrected chi connectivity index (χ1v) is 5.55. The van der Waals surface area contributed by atoms with Gasteiger partial charge in [-0.2, -0.15) is 5.26 Å². The van der Waals surface area contributed by atoms with Crippen LogP contribution >= 0.6 is 0 Å². The normalized spacial score (nSPS) is 12.2. The van der Waals surface area contributed by atoms with Gasteiger partial charge in [-0.1, -0.05) is 6.08 Å². The summed E-state index contributed by atoms with van der Waals surface area (Å²) in [6, 6.07) is 2.13. The minimum atomic E-state index is -0.215. The molecule has 0 spiro atoms. The Hall–Kier alpha value is -1.34. The highest BCUT2D eigenvalue weighted by Crippen LogP contribution is 2.06. The number of carbonyl (C=O) groups is 1. The van der Waals surface area contributed by atoms with Gasteiger partial charge >= 0.3 is 0 Å². The van der Waals surface area contributed by atoms with Crippen LogP contribution in [0.5, 0.6) is 0 Å². The summed E-state index contributed by atoms with van der Waals surface area (Å²) >= 11 is 0. The molecular weight excluding hydrogens is 202 g/mol. The van der Waals surface area contributed by atoms with E-state index in [9.17, 15) is 4.79 Å². The van der Waals surface area contributed by atoms with Crippen molar-refractivity contribution in [2.45, 2.75) is 39.3 Å². The summed E-state index contributed by atoms with van der Waals surface area (Å²) in [6.07, 6.45) is 2.09. The molecule has 0 rings (SSSR count). The van der Waals surface area contributed by atoms with Crippen LogP contribution in [0.1, 0.15) is 27.2 Å². The fourth-order valence-electron chi connectivity index (χ4n) is 1.55. The van der Waals surface area contributed by atoms with Crippen LogP contribution < -0.4 is 5.32 Å². The minimum absolute atomic E-state index is 0.0217. The molecule has 0 heterocycles. The second kappa shape index (κ2) is 7.89. The Morgan fingerprint density at radius 1 is 1.56 bits per heavy atom. The lowest BCUT2D eigenvalue weighted by atomic mass is 10.2. The third kappa shape index (κ3) is 4.94. The topological polar surface area (TPSA) is 56.1 Å². The van der Waals surface area contributed by atoms with Gasteiger partial charge in [-0.3, -0.25) is 9.69 Å². The summed E-state index contributed by atoms with van der Waals surface area (Å²) in [5.41, 5.74) is 0. The average molecular weight is 223 g/mol. The zero-order chi connectivity index (χ0) is 12.6. The zero-order valence-electron chi connectivity index (χ0n) is 10.4. The van der Waals surface area contributed by atoms with Crippen LogP contribution in [0.2, 0.25) is 0 Å². The maximum atomic E-state index is 11.7. The molecule has 1 unspecified atom stereocenters. The van der Waals surface area contributed by atoms with Crippen molar-refractivity contribution >= 4 is 5.91 Å². The lowest BCUT2D eigenvalue weighted by Crippen LogP contribution is -2.48. The zero-order valence-corrected chi connectivity index (χ0v) is 10.4. The first-order valence-electron chi connectivity index (χ1n) is 5.55. The fraction of sp³-hybridized carbons (Fsp3) is 0.667. The molecule has 0 saturated heterocycles. The van der Waals surface area contributed by atoms with Crippen molar-refractivity contribution in [2.24, 2.45) is 0 Å². The highest BCUT2D eigenvalue weighted by molar-refractivity contribution is 5.81. The minimum Gasteiger partial charge on any atom is -0.351 e. The lowest BCUT2D eigenvalue weighted by molar-refractivity contribution is -0.126. The van der Waals surface area contributed by atoms with E-state index < -0.39 is 0 Å². The Labute approximate surface area is 97.9 Å². The van der Waals surface area contributed by atoms with Crippen LogP contribution in [-0.2, 0) is 4.79 Å². The summed E-state index contributed by atoms with van der Waals surface area (Å²) in [4.78, 5) is 13.7. The van der Waals surface area contributed by atoms with Gasteiger partial charge in [0.15, 0.2) is 0 Å². The monoisotopic (exact) mass is 223 g/mol. The molecule has 1 atom stereocenters. The summed E-state index contributed by atoms with van der Waals surface area (Å²) in [5.74, 6) is -0.0217. The molecule has 0 radical (unpaired) electrons. The van der Waals surface area contributed by atoms with Crippen LogP contribution in [-0.4, -0.2) is 36.0 Å². The van der Waals surface area contributed by atoms with E-state index in [0.29, 0.717) is 19.5 Å². The van der Waals surface area contributed by atoms with Gasteiger partial charge in [0.05, 0.1) is 12.1 Å². The van der Waals surface area contributed by atoms with E-state index in [1.807, 2.05) is 25.7 Å². The second-order valence-electron chi connectivity index (χ2n) is 3.95. The van der Waals surface area contributed by atoms with Crippen LogP contribution in [0.4, 0.5) is 0 Å². The van der Waals surface area contributed by atoms with E-state index in [1.54, 1.807) is 6.08 Å². The third-order valence-corrected chi connectivity index (χ3v) is 2.44.